The van der Waals surface area contributed by atoms with E-state index >= 15 is 0 Å². The van der Waals surface area contributed by atoms with Gasteiger partial charge in [-0.15, -0.1) is 0 Å². The fourth-order valence-electron chi connectivity index (χ4n) is 3.40. The number of aryl methyl sites for hydroxylation is 1. The molecule has 0 aliphatic carbocycles. The van der Waals surface area contributed by atoms with Gasteiger partial charge in [-0.05, 0) is 54.7 Å². The van der Waals surface area contributed by atoms with Crippen molar-refractivity contribution in [3.8, 4) is 0 Å². The third kappa shape index (κ3) is 5.35. The van der Waals surface area contributed by atoms with E-state index in [0.29, 0.717) is 23.0 Å². The van der Waals surface area contributed by atoms with Gasteiger partial charge in [0.1, 0.15) is 5.82 Å². The van der Waals surface area contributed by atoms with Crippen LogP contribution in [0.15, 0.2) is 48.8 Å². The molecule has 1 N–H and O–H groups in total. The van der Waals surface area contributed by atoms with Crippen molar-refractivity contribution in [3.63, 3.8) is 0 Å². The summed E-state index contributed by atoms with van der Waals surface area (Å²) in [6, 6.07) is 11.6. The average molecular weight is 446 g/mol. The van der Waals surface area contributed by atoms with Gasteiger partial charge in [-0.1, -0.05) is 54.4 Å². The molecule has 3 rings (SSSR count). The molecule has 30 heavy (non-hydrogen) atoms. The summed E-state index contributed by atoms with van der Waals surface area (Å²) in [6.45, 7) is 6.83. The molecule has 0 aliphatic heterocycles. The van der Waals surface area contributed by atoms with Crippen molar-refractivity contribution >= 4 is 29.3 Å². The van der Waals surface area contributed by atoms with Gasteiger partial charge in [0.15, 0.2) is 6.73 Å². The van der Waals surface area contributed by atoms with Crippen LogP contribution in [0, 0.1) is 13.8 Å². The van der Waals surface area contributed by atoms with E-state index in [-0.39, 0.29) is 12.6 Å². The lowest BCUT2D eigenvalue weighted by Crippen LogP contribution is -2.27. The maximum atomic E-state index is 12.1. The molecule has 7 heteroatoms. The van der Waals surface area contributed by atoms with Gasteiger partial charge < -0.3 is 14.6 Å². The van der Waals surface area contributed by atoms with Crippen molar-refractivity contribution in [1.29, 1.82) is 0 Å². The smallest absolute Gasteiger partial charge is 0.408 e. The normalized spacial score (nSPS) is 11.9. The summed E-state index contributed by atoms with van der Waals surface area (Å²) in [6.07, 6.45) is 3.64. The van der Waals surface area contributed by atoms with E-state index in [9.17, 15) is 4.79 Å². The second kappa shape index (κ2) is 10.0. The molecule has 2 aromatic carbocycles. The summed E-state index contributed by atoms with van der Waals surface area (Å²) in [5.74, 6) is 0.933. The van der Waals surface area contributed by atoms with Gasteiger partial charge in [0.25, 0.3) is 0 Å². The Kier molecular flexibility index (Phi) is 7.40. The Morgan fingerprint density at radius 1 is 1.23 bits per heavy atom. The third-order valence-electron chi connectivity index (χ3n) is 5.26. The molecule has 1 amide bonds. The van der Waals surface area contributed by atoms with E-state index in [0.717, 1.165) is 11.4 Å². The molecule has 1 unspecified atom stereocenters. The van der Waals surface area contributed by atoms with Crippen molar-refractivity contribution in [1.82, 2.24) is 14.9 Å². The van der Waals surface area contributed by atoms with Crippen LogP contribution in [0.3, 0.4) is 0 Å². The van der Waals surface area contributed by atoms with E-state index in [1.165, 1.54) is 16.7 Å². The summed E-state index contributed by atoms with van der Waals surface area (Å²) >= 11 is 12.1. The molecule has 1 atom stereocenters. The number of imidazole rings is 1. The minimum absolute atomic E-state index is 0.0820. The van der Waals surface area contributed by atoms with Gasteiger partial charge in [0, 0.05) is 34.9 Å². The van der Waals surface area contributed by atoms with Crippen LogP contribution in [0.1, 0.15) is 40.9 Å². The standard InChI is InChI=1S/C23H25Cl2N3O2/c1-15-5-4-6-20(16(15)2)17(3)22-26-11-12-28(22)14-30-23(29)27-10-9-18-7-8-19(24)13-21(18)25/h4-8,11-13,17H,9-10,14H2,1-3H3,(H,27,29). The third-order valence-corrected chi connectivity index (χ3v) is 5.85. The van der Waals surface area contributed by atoms with E-state index in [4.69, 9.17) is 27.9 Å². The molecule has 0 spiro atoms. The summed E-state index contributed by atoms with van der Waals surface area (Å²) in [4.78, 5) is 16.6. The Morgan fingerprint density at radius 3 is 2.80 bits per heavy atom. The SMILES string of the molecule is Cc1cccc(C(C)c2nccn2COC(=O)NCCc2ccc(Cl)cc2Cl)c1C. The Bertz CT molecular complexity index is 1030. The zero-order valence-electron chi connectivity index (χ0n) is 17.3. The topological polar surface area (TPSA) is 56.2 Å². The van der Waals surface area contributed by atoms with Crippen LogP contribution in [0.25, 0.3) is 0 Å². The quantitative estimate of drug-likeness (QED) is 0.493. The second-order valence-corrected chi connectivity index (χ2v) is 8.08. The number of rotatable bonds is 7. The molecule has 0 saturated heterocycles. The Balaban J connectivity index is 1.54. The van der Waals surface area contributed by atoms with E-state index in [1.807, 2.05) is 16.8 Å². The lowest BCUT2D eigenvalue weighted by atomic mass is 9.93. The first kappa shape index (κ1) is 22.2. The molecule has 0 fully saturated rings. The molecular formula is C23H25Cl2N3O2. The van der Waals surface area contributed by atoms with Gasteiger partial charge in [0.05, 0.1) is 0 Å². The molecule has 0 bridgehead atoms. The predicted molar refractivity (Wildman–Crippen MR) is 120 cm³/mol. The molecule has 1 aromatic heterocycles. The van der Waals surface area contributed by atoms with Crippen LogP contribution < -0.4 is 5.32 Å². The first-order chi connectivity index (χ1) is 14.4. The van der Waals surface area contributed by atoms with E-state index in [2.05, 4.69) is 49.3 Å². The van der Waals surface area contributed by atoms with Crippen LogP contribution in [-0.4, -0.2) is 22.2 Å². The lowest BCUT2D eigenvalue weighted by molar-refractivity contribution is 0.112. The first-order valence-electron chi connectivity index (χ1n) is 9.78. The largest absolute Gasteiger partial charge is 0.428 e. The molecule has 0 radical (unpaired) electrons. The Hall–Kier alpha value is -2.50. The number of ether oxygens (including phenoxy) is 1. The number of nitrogens with one attached hydrogen (secondary N) is 1. The molecule has 1 heterocycles. The predicted octanol–water partition coefficient (Wildman–Crippen LogP) is 5.88. The number of carbonyl (C=O) groups is 1. The van der Waals surface area contributed by atoms with Gasteiger partial charge in [-0.2, -0.15) is 0 Å². The molecule has 0 saturated carbocycles. The van der Waals surface area contributed by atoms with Gasteiger partial charge in [0.2, 0.25) is 0 Å². The zero-order chi connectivity index (χ0) is 21.7. The molecule has 5 nitrogen and oxygen atoms in total. The Labute approximate surface area is 187 Å². The fraction of sp³-hybridized carbons (Fsp3) is 0.304. The number of carbonyl (C=O) groups excluding carboxylic acids is 1. The number of aromatic nitrogens is 2. The van der Waals surface area contributed by atoms with Crippen molar-refractivity contribution in [3.05, 3.63) is 86.9 Å². The van der Waals surface area contributed by atoms with Crippen molar-refractivity contribution < 1.29 is 9.53 Å². The van der Waals surface area contributed by atoms with Crippen LogP contribution in [-0.2, 0) is 17.9 Å². The highest BCUT2D eigenvalue weighted by Gasteiger charge is 2.17. The summed E-state index contributed by atoms with van der Waals surface area (Å²) in [7, 11) is 0. The monoisotopic (exact) mass is 445 g/mol. The summed E-state index contributed by atoms with van der Waals surface area (Å²) < 4.78 is 7.22. The lowest BCUT2D eigenvalue weighted by Gasteiger charge is -2.18. The highest BCUT2D eigenvalue weighted by Crippen LogP contribution is 2.27. The molecule has 158 valence electrons. The van der Waals surface area contributed by atoms with Crippen LogP contribution in [0.4, 0.5) is 4.79 Å². The maximum absolute atomic E-state index is 12.1. The fourth-order valence-corrected chi connectivity index (χ4v) is 3.90. The molecular weight excluding hydrogens is 421 g/mol. The van der Waals surface area contributed by atoms with Crippen LogP contribution in [0.2, 0.25) is 10.0 Å². The van der Waals surface area contributed by atoms with Gasteiger partial charge in [-0.3, -0.25) is 0 Å². The van der Waals surface area contributed by atoms with Crippen molar-refractivity contribution in [2.45, 2.75) is 39.8 Å². The van der Waals surface area contributed by atoms with Crippen LogP contribution in [0.5, 0.6) is 0 Å². The number of hydrogen-bond acceptors (Lipinski definition) is 3. The number of benzene rings is 2. The Morgan fingerprint density at radius 2 is 2.03 bits per heavy atom. The van der Waals surface area contributed by atoms with Crippen LogP contribution >= 0.6 is 23.2 Å². The van der Waals surface area contributed by atoms with Gasteiger partial charge in [-0.25, -0.2) is 9.78 Å². The van der Waals surface area contributed by atoms with Crippen molar-refractivity contribution in [2.75, 3.05) is 6.54 Å². The minimum atomic E-state index is -0.487. The number of hydrogen-bond donors (Lipinski definition) is 1. The highest BCUT2D eigenvalue weighted by molar-refractivity contribution is 6.35. The zero-order valence-corrected chi connectivity index (χ0v) is 18.8. The number of nitrogens with zero attached hydrogens (tertiary/aromatic N) is 2. The minimum Gasteiger partial charge on any atom is -0.428 e. The molecule has 3 aromatic rings. The number of alkyl carbamates (subject to hydrolysis) is 1. The number of amides is 1. The highest BCUT2D eigenvalue weighted by atomic mass is 35.5. The average Bonchev–Trinajstić information content (AvgIpc) is 3.18. The molecule has 0 aliphatic rings. The van der Waals surface area contributed by atoms with E-state index < -0.39 is 6.09 Å². The maximum Gasteiger partial charge on any atom is 0.408 e. The second-order valence-electron chi connectivity index (χ2n) is 7.24. The first-order valence-corrected chi connectivity index (χ1v) is 10.5. The summed E-state index contributed by atoms with van der Waals surface area (Å²) in [5, 5.41) is 3.92. The van der Waals surface area contributed by atoms with Crippen molar-refractivity contribution in [2.24, 2.45) is 0 Å². The summed E-state index contributed by atoms with van der Waals surface area (Å²) in [5.41, 5.74) is 4.63. The number of halogens is 2. The van der Waals surface area contributed by atoms with Gasteiger partial charge >= 0.3 is 6.09 Å². The van der Waals surface area contributed by atoms with E-state index in [1.54, 1.807) is 18.3 Å².